The number of aliphatic imine (C=N–C) groups is 1. The molecule has 7 nitrogen and oxygen atoms in total. The zero-order valence-electron chi connectivity index (χ0n) is 17.9. The van der Waals surface area contributed by atoms with Crippen LogP contribution >= 0.6 is 23.2 Å². The van der Waals surface area contributed by atoms with Gasteiger partial charge in [-0.05, 0) is 38.3 Å². The van der Waals surface area contributed by atoms with Gasteiger partial charge >= 0.3 is 0 Å². The third-order valence-electron chi connectivity index (χ3n) is 5.40. The molecule has 10 heteroatoms. The van der Waals surface area contributed by atoms with E-state index in [1.807, 2.05) is 13.0 Å². The summed E-state index contributed by atoms with van der Waals surface area (Å²) in [5.41, 5.74) is 0.620. The van der Waals surface area contributed by atoms with Gasteiger partial charge in [0.2, 0.25) is 0 Å². The second-order valence-corrected chi connectivity index (χ2v) is 10.1. The number of amides is 1. The third-order valence-corrected chi connectivity index (χ3v) is 7.73. The average Bonchev–Trinajstić information content (AvgIpc) is 2.72. The minimum absolute atomic E-state index is 0.223. The first kappa shape index (κ1) is 25.8. The van der Waals surface area contributed by atoms with E-state index in [1.54, 1.807) is 31.4 Å². The number of hydrogen-bond donors (Lipinski definition) is 2. The Hall–Kier alpha value is -1.45. The maximum Gasteiger partial charge on any atom is 0.279 e. The van der Waals surface area contributed by atoms with Crippen molar-refractivity contribution in [1.29, 1.82) is 0 Å². The van der Waals surface area contributed by atoms with E-state index in [4.69, 9.17) is 23.2 Å². The van der Waals surface area contributed by atoms with Crippen LogP contribution in [-0.2, 0) is 15.0 Å². The molecule has 172 valence electrons. The van der Waals surface area contributed by atoms with Gasteiger partial charge in [0.15, 0.2) is 0 Å². The first-order valence-electron chi connectivity index (χ1n) is 10.3. The summed E-state index contributed by atoms with van der Waals surface area (Å²) in [4.78, 5) is 17.3. The fraction of sp³-hybridized carbons (Fsp3) is 0.524. The first-order valence-corrected chi connectivity index (χ1v) is 12.5. The van der Waals surface area contributed by atoms with E-state index >= 15 is 0 Å². The van der Waals surface area contributed by atoms with Crippen molar-refractivity contribution >= 4 is 45.5 Å². The lowest BCUT2D eigenvalue weighted by molar-refractivity contribution is -0.117. The Kier molecular flexibility index (Phi) is 9.51. The predicted octanol–water partition coefficient (Wildman–Crippen LogP) is 3.26. The highest BCUT2D eigenvalue weighted by Crippen LogP contribution is 2.40. The van der Waals surface area contributed by atoms with Gasteiger partial charge in [-0.15, -0.1) is 11.6 Å². The molecule has 0 aromatic rings. The van der Waals surface area contributed by atoms with Crippen LogP contribution in [0, 0.1) is 5.41 Å². The van der Waals surface area contributed by atoms with Crippen LogP contribution in [0.15, 0.2) is 52.2 Å². The zero-order valence-corrected chi connectivity index (χ0v) is 20.2. The van der Waals surface area contributed by atoms with Gasteiger partial charge in [-0.2, -0.15) is 12.7 Å². The van der Waals surface area contributed by atoms with E-state index in [0.29, 0.717) is 56.0 Å². The van der Waals surface area contributed by atoms with Crippen LogP contribution < -0.4 is 10.0 Å². The number of carbonyl (C=O) groups excluding carboxylic acids is 1. The van der Waals surface area contributed by atoms with Crippen molar-refractivity contribution in [3.05, 3.63) is 47.2 Å². The molecule has 0 aromatic heterocycles. The summed E-state index contributed by atoms with van der Waals surface area (Å²) in [5.74, 6) is -0.287. The lowest BCUT2D eigenvalue weighted by atomic mass is 9.75. The number of piperidine rings is 1. The molecular weight excluding hydrogens is 459 g/mol. The lowest BCUT2D eigenvalue weighted by Crippen LogP contribution is -2.51. The maximum atomic E-state index is 12.8. The molecule has 2 aliphatic rings. The van der Waals surface area contributed by atoms with Crippen LogP contribution in [0.5, 0.6) is 0 Å². The lowest BCUT2D eigenvalue weighted by Gasteiger charge is -2.41. The highest BCUT2D eigenvalue weighted by atomic mass is 35.5. The minimum Gasteiger partial charge on any atom is -0.351 e. The Bertz CT molecular complexity index is 902. The van der Waals surface area contributed by atoms with Crippen molar-refractivity contribution in [2.45, 2.75) is 38.5 Å². The highest BCUT2D eigenvalue weighted by molar-refractivity contribution is 7.87. The summed E-state index contributed by atoms with van der Waals surface area (Å²) in [6, 6.07) is 0. The minimum atomic E-state index is -3.52. The second-order valence-electron chi connectivity index (χ2n) is 7.42. The molecule has 0 spiro atoms. The largest absolute Gasteiger partial charge is 0.351 e. The van der Waals surface area contributed by atoms with Gasteiger partial charge < -0.3 is 5.32 Å². The molecule has 1 aliphatic heterocycles. The summed E-state index contributed by atoms with van der Waals surface area (Å²) in [7, 11) is -3.52. The van der Waals surface area contributed by atoms with Crippen molar-refractivity contribution < 1.29 is 13.2 Å². The molecule has 1 unspecified atom stereocenters. The molecule has 0 saturated carbocycles. The molecule has 1 fully saturated rings. The smallest absolute Gasteiger partial charge is 0.279 e. The standard InChI is InChI=1S/C21H30Cl2N4O3S/c1-4-7-19(24-5-2)21(10-12-27(13-11-21)31(29,30)26-6-3)15-25-20(28)17-9-8-16(22)14-18(17)23/h4-5,7,9,14,16,26H,1,6,8,10-13,15H2,2-3H3,(H,25,28)/b19-7-,24-5?. The van der Waals surface area contributed by atoms with Crippen LogP contribution in [0.25, 0.3) is 0 Å². The summed E-state index contributed by atoms with van der Waals surface area (Å²) in [5, 5.41) is 3.08. The molecule has 0 aromatic carbocycles. The number of alkyl halides is 1. The van der Waals surface area contributed by atoms with E-state index in [1.165, 1.54) is 4.31 Å². The third kappa shape index (κ3) is 6.52. The van der Waals surface area contributed by atoms with Gasteiger partial charge in [0, 0.05) is 43.5 Å². The molecule has 1 atom stereocenters. The first-order chi connectivity index (χ1) is 14.7. The van der Waals surface area contributed by atoms with Gasteiger partial charge in [0.25, 0.3) is 16.1 Å². The Labute approximate surface area is 195 Å². The number of nitrogens with one attached hydrogen (secondary N) is 2. The molecule has 31 heavy (non-hydrogen) atoms. The molecule has 2 rings (SSSR count). The van der Waals surface area contributed by atoms with Crippen LogP contribution in [0.3, 0.4) is 0 Å². The summed E-state index contributed by atoms with van der Waals surface area (Å²) < 4.78 is 28.8. The van der Waals surface area contributed by atoms with Crippen molar-refractivity contribution in [1.82, 2.24) is 14.3 Å². The van der Waals surface area contributed by atoms with Crippen molar-refractivity contribution in [3.8, 4) is 0 Å². The SMILES string of the molecule is C=C/C=C(\N=CC)C1(CNC(=O)C2=CCC(Cl)C=C2Cl)CCN(S(=O)(=O)NCC)CC1. The second kappa shape index (κ2) is 11.4. The van der Waals surface area contributed by atoms with Gasteiger partial charge in [-0.1, -0.05) is 37.3 Å². The number of rotatable bonds is 9. The fourth-order valence-electron chi connectivity index (χ4n) is 3.75. The van der Waals surface area contributed by atoms with Gasteiger partial charge in [-0.25, -0.2) is 4.72 Å². The van der Waals surface area contributed by atoms with Crippen LogP contribution in [0.1, 0.15) is 33.1 Å². The average molecular weight is 489 g/mol. The molecule has 2 N–H and O–H groups in total. The topological polar surface area (TPSA) is 90.9 Å². The van der Waals surface area contributed by atoms with Gasteiger partial charge in [0.1, 0.15) is 0 Å². The van der Waals surface area contributed by atoms with Crippen LogP contribution in [0.4, 0.5) is 0 Å². The van der Waals surface area contributed by atoms with E-state index in [9.17, 15) is 13.2 Å². The highest BCUT2D eigenvalue weighted by Gasteiger charge is 2.41. The Balaban J connectivity index is 2.23. The van der Waals surface area contributed by atoms with Crippen LogP contribution in [0.2, 0.25) is 0 Å². The monoisotopic (exact) mass is 488 g/mol. The molecule has 0 bridgehead atoms. The molecule has 1 heterocycles. The van der Waals surface area contributed by atoms with Crippen molar-refractivity contribution in [2.75, 3.05) is 26.2 Å². The summed E-state index contributed by atoms with van der Waals surface area (Å²) in [6.45, 7) is 8.58. The van der Waals surface area contributed by atoms with E-state index < -0.39 is 15.6 Å². The summed E-state index contributed by atoms with van der Waals surface area (Å²) in [6.07, 6.45) is 10.1. The predicted molar refractivity (Wildman–Crippen MR) is 128 cm³/mol. The number of hydrogen-bond acceptors (Lipinski definition) is 4. The Morgan fingerprint density at radius 2 is 2.10 bits per heavy atom. The van der Waals surface area contributed by atoms with Crippen LogP contribution in [-0.4, -0.2) is 56.4 Å². The number of carbonyl (C=O) groups is 1. The molecule has 1 saturated heterocycles. The number of halogens is 2. The van der Waals surface area contributed by atoms with E-state index in [2.05, 4.69) is 21.6 Å². The molecular formula is C21H30Cl2N4O3S. The Morgan fingerprint density at radius 3 is 2.65 bits per heavy atom. The fourth-order valence-corrected chi connectivity index (χ4v) is 5.55. The van der Waals surface area contributed by atoms with Gasteiger partial charge in [-0.3, -0.25) is 9.79 Å². The molecule has 1 amide bonds. The number of nitrogens with zero attached hydrogens (tertiary/aromatic N) is 2. The van der Waals surface area contributed by atoms with Crippen molar-refractivity contribution in [3.63, 3.8) is 0 Å². The molecule has 1 aliphatic carbocycles. The van der Waals surface area contributed by atoms with Gasteiger partial charge in [0.05, 0.1) is 16.0 Å². The summed E-state index contributed by atoms with van der Waals surface area (Å²) >= 11 is 12.3. The molecule has 0 radical (unpaired) electrons. The quantitative estimate of drug-likeness (QED) is 0.296. The zero-order chi connectivity index (χ0) is 23.1. The van der Waals surface area contributed by atoms with E-state index in [0.717, 1.165) is 5.70 Å². The van der Waals surface area contributed by atoms with E-state index in [-0.39, 0.29) is 11.3 Å². The maximum absolute atomic E-state index is 12.8. The normalized spacial score (nSPS) is 22.7. The Morgan fingerprint density at radius 1 is 1.42 bits per heavy atom. The van der Waals surface area contributed by atoms with Crippen molar-refractivity contribution in [2.24, 2.45) is 10.4 Å². The number of allylic oxidation sites excluding steroid dienone is 4.